The number of hydrogen-bond acceptors (Lipinski definition) is 4. The average molecular weight is 216 g/mol. The molecule has 1 heterocycles. The van der Waals surface area contributed by atoms with Crippen molar-refractivity contribution in [3.8, 4) is 0 Å². The molecule has 1 aliphatic rings. The molecule has 0 aromatic heterocycles. The summed E-state index contributed by atoms with van der Waals surface area (Å²) in [6, 6.07) is -0.399. The number of hydrogen-bond donors (Lipinski definition) is 2. The van der Waals surface area contributed by atoms with Crippen molar-refractivity contribution < 1.29 is 14.6 Å². The van der Waals surface area contributed by atoms with E-state index in [2.05, 4.69) is 12.2 Å². The van der Waals surface area contributed by atoms with Crippen LogP contribution in [0.3, 0.4) is 0 Å². The van der Waals surface area contributed by atoms with Crippen LogP contribution in [0.25, 0.3) is 0 Å². The second kappa shape index (κ2) is 6.76. The molecule has 1 atom stereocenters. The fourth-order valence-corrected chi connectivity index (χ4v) is 1.69. The van der Waals surface area contributed by atoms with Crippen molar-refractivity contribution in [2.75, 3.05) is 39.4 Å². The molecule has 5 heteroatoms. The van der Waals surface area contributed by atoms with Gasteiger partial charge in [-0.2, -0.15) is 0 Å². The van der Waals surface area contributed by atoms with E-state index in [1.807, 2.05) is 4.90 Å². The van der Waals surface area contributed by atoms with Gasteiger partial charge in [-0.3, -0.25) is 9.69 Å². The zero-order valence-corrected chi connectivity index (χ0v) is 9.24. The quantitative estimate of drug-likeness (QED) is 0.601. The van der Waals surface area contributed by atoms with Crippen LogP contribution < -0.4 is 5.32 Å². The summed E-state index contributed by atoms with van der Waals surface area (Å²) >= 11 is 0. The van der Waals surface area contributed by atoms with E-state index in [1.165, 1.54) is 0 Å². The van der Waals surface area contributed by atoms with Gasteiger partial charge in [-0.25, -0.2) is 0 Å². The molecular formula is C10H20N2O3. The minimum Gasteiger partial charge on any atom is -0.480 e. The van der Waals surface area contributed by atoms with Gasteiger partial charge >= 0.3 is 5.97 Å². The lowest BCUT2D eigenvalue weighted by Crippen LogP contribution is -2.55. The molecule has 15 heavy (non-hydrogen) atoms. The Morgan fingerprint density at radius 1 is 1.60 bits per heavy atom. The molecule has 1 fully saturated rings. The molecule has 5 nitrogen and oxygen atoms in total. The molecule has 0 saturated carbocycles. The van der Waals surface area contributed by atoms with E-state index in [9.17, 15) is 4.79 Å². The van der Waals surface area contributed by atoms with E-state index in [-0.39, 0.29) is 0 Å². The minimum absolute atomic E-state index is 0.399. The van der Waals surface area contributed by atoms with Crippen LogP contribution in [0, 0.1) is 0 Å². The Hall–Kier alpha value is -0.650. The van der Waals surface area contributed by atoms with Crippen molar-refractivity contribution in [1.82, 2.24) is 10.2 Å². The highest BCUT2D eigenvalue weighted by atomic mass is 16.5. The number of aliphatic carboxylic acids is 1. The fraction of sp³-hybridized carbons (Fsp3) is 0.900. The second-order valence-corrected chi connectivity index (χ2v) is 3.71. The minimum atomic E-state index is -0.752. The molecule has 2 N–H and O–H groups in total. The third-order valence-corrected chi connectivity index (χ3v) is 2.51. The normalized spacial score (nSPS) is 22.9. The van der Waals surface area contributed by atoms with Crippen molar-refractivity contribution in [3.63, 3.8) is 0 Å². The predicted molar refractivity (Wildman–Crippen MR) is 57.0 cm³/mol. The van der Waals surface area contributed by atoms with Crippen LogP contribution in [0.2, 0.25) is 0 Å². The maximum Gasteiger partial charge on any atom is 0.322 e. The number of ether oxygens (including phenoxy) is 1. The summed E-state index contributed by atoms with van der Waals surface area (Å²) in [5, 5.41) is 12.1. The number of nitrogens with zero attached hydrogens (tertiary/aromatic N) is 1. The Kier molecular flexibility index (Phi) is 5.60. The molecule has 1 aliphatic heterocycles. The van der Waals surface area contributed by atoms with E-state index < -0.39 is 12.0 Å². The first-order valence-electron chi connectivity index (χ1n) is 5.51. The Morgan fingerprint density at radius 3 is 3.07 bits per heavy atom. The molecule has 1 saturated heterocycles. The zero-order chi connectivity index (χ0) is 11.1. The average Bonchev–Trinajstić information content (AvgIpc) is 2.25. The van der Waals surface area contributed by atoms with Crippen LogP contribution in [-0.2, 0) is 9.53 Å². The SMILES string of the molecule is CCCOCCN1CCNCC1C(=O)O. The molecule has 1 unspecified atom stereocenters. The molecule has 0 aliphatic carbocycles. The number of carboxylic acids is 1. The lowest BCUT2D eigenvalue weighted by atomic mass is 10.2. The molecular weight excluding hydrogens is 196 g/mol. The summed E-state index contributed by atoms with van der Waals surface area (Å²) in [4.78, 5) is 12.9. The Bertz CT molecular complexity index is 199. The van der Waals surface area contributed by atoms with E-state index >= 15 is 0 Å². The van der Waals surface area contributed by atoms with Gasteiger partial charge in [-0.05, 0) is 6.42 Å². The van der Waals surface area contributed by atoms with Gasteiger partial charge in [0.15, 0.2) is 0 Å². The standard InChI is InChI=1S/C10H20N2O3/c1-2-6-15-7-5-12-4-3-11-8-9(12)10(13)14/h9,11H,2-8H2,1H3,(H,13,14). The zero-order valence-electron chi connectivity index (χ0n) is 9.24. The highest BCUT2D eigenvalue weighted by Crippen LogP contribution is 2.03. The summed E-state index contributed by atoms with van der Waals surface area (Å²) in [7, 11) is 0. The van der Waals surface area contributed by atoms with Crippen LogP contribution in [0.15, 0.2) is 0 Å². The molecule has 0 amide bonds. The summed E-state index contributed by atoms with van der Waals surface area (Å²) in [6.07, 6.45) is 1.00. The lowest BCUT2D eigenvalue weighted by Gasteiger charge is -2.33. The van der Waals surface area contributed by atoms with Crippen molar-refractivity contribution in [3.05, 3.63) is 0 Å². The van der Waals surface area contributed by atoms with Crippen LogP contribution in [0.1, 0.15) is 13.3 Å². The van der Waals surface area contributed by atoms with Gasteiger partial charge in [0.1, 0.15) is 6.04 Å². The van der Waals surface area contributed by atoms with Crippen LogP contribution in [0.5, 0.6) is 0 Å². The molecule has 88 valence electrons. The van der Waals surface area contributed by atoms with Crippen molar-refractivity contribution in [2.45, 2.75) is 19.4 Å². The number of carbonyl (C=O) groups is 1. The van der Waals surface area contributed by atoms with Crippen molar-refractivity contribution >= 4 is 5.97 Å². The van der Waals surface area contributed by atoms with Gasteiger partial charge in [0.25, 0.3) is 0 Å². The van der Waals surface area contributed by atoms with Gasteiger partial charge < -0.3 is 15.2 Å². The molecule has 1 rings (SSSR count). The number of rotatable bonds is 6. The summed E-state index contributed by atoms with van der Waals surface area (Å²) < 4.78 is 5.36. The van der Waals surface area contributed by atoms with E-state index in [1.54, 1.807) is 0 Å². The summed E-state index contributed by atoms with van der Waals surface area (Å²) in [6.45, 7) is 6.32. The van der Waals surface area contributed by atoms with Gasteiger partial charge in [0.2, 0.25) is 0 Å². The van der Waals surface area contributed by atoms with E-state index in [0.29, 0.717) is 19.7 Å². The summed E-state index contributed by atoms with van der Waals surface area (Å²) in [5.41, 5.74) is 0. The smallest absolute Gasteiger partial charge is 0.322 e. The number of carboxylic acid groups (broad SMARTS) is 1. The predicted octanol–water partition coefficient (Wildman–Crippen LogP) is -0.229. The van der Waals surface area contributed by atoms with Gasteiger partial charge in [0.05, 0.1) is 6.61 Å². The number of piperazine rings is 1. The van der Waals surface area contributed by atoms with Gasteiger partial charge in [0, 0.05) is 32.8 Å². The molecule has 0 spiro atoms. The highest BCUT2D eigenvalue weighted by molar-refractivity contribution is 5.73. The topological polar surface area (TPSA) is 61.8 Å². The second-order valence-electron chi connectivity index (χ2n) is 3.71. The Labute approximate surface area is 90.4 Å². The first kappa shape index (κ1) is 12.4. The van der Waals surface area contributed by atoms with Crippen molar-refractivity contribution in [1.29, 1.82) is 0 Å². The first-order valence-corrected chi connectivity index (χ1v) is 5.51. The third-order valence-electron chi connectivity index (χ3n) is 2.51. The van der Waals surface area contributed by atoms with Crippen LogP contribution in [-0.4, -0.2) is 61.4 Å². The fourth-order valence-electron chi connectivity index (χ4n) is 1.69. The molecule has 0 bridgehead atoms. The lowest BCUT2D eigenvalue weighted by molar-refractivity contribution is -0.144. The molecule has 0 radical (unpaired) electrons. The number of nitrogens with one attached hydrogen (secondary N) is 1. The Balaban J connectivity index is 2.26. The maximum atomic E-state index is 10.9. The van der Waals surface area contributed by atoms with Gasteiger partial charge in [-0.1, -0.05) is 6.92 Å². The Morgan fingerprint density at radius 2 is 2.40 bits per heavy atom. The molecule has 0 aromatic carbocycles. The maximum absolute atomic E-state index is 10.9. The monoisotopic (exact) mass is 216 g/mol. The van der Waals surface area contributed by atoms with Crippen molar-refractivity contribution in [2.24, 2.45) is 0 Å². The third kappa shape index (κ3) is 4.15. The first-order chi connectivity index (χ1) is 7.25. The van der Waals surface area contributed by atoms with E-state index in [0.717, 1.165) is 26.1 Å². The molecule has 0 aromatic rings. The summed E-state index contributed by atoms with van der Waals surface area (Å²) in [5.74, 6) is -0.752. The largest absolute Gasteiger partial charge is 0.480 e. The van der Waals surface area contributed by atoms with Crippen LogP contribution in [0.4, 0.5) is 0 Å². The van der Waals surface area contributed by atoms with Gasteiger partial charge in [-0.15, -0.1) is 0 Å². The highest BCUT2D eigenvalue weighted by Gasteiger charge is 2.27. The van der Waals surface area contributed by atoms with Crippen LogP contribution >= 0.6 is 0 Å². The van der Waals surface area contributed by atoms with E-state index in [4.69, 9.17) is 9.84 Å².